The fourth-order valence-electron chi connectivity index (χ4n) is 0.808. The number of ether oxygens (including phenoxy) is 2. The van der Waals surface area contributed by atoms with Gasteiger partial charge in [-0.3, -0.25) is 0 Å². The largest absolute Gasteiger partial charge is 0.443 e. The van der Waals surface area contributed by atoms with E-state index in [1.807, 2.05) is 0 Å². The lowest BCUT2D eigenvalue weighted by Crippen LogP contribution is -2.49. The van der Waals surface area contributed by atoms with Crippen LogP contribution in [0.4, 0.5) is 13.2 Å². The molecule has 0 fully saturated rings. The minimum Gasteiger partial charge on any atom is -0.396 e. The smallest absolute Gasteiger partial charge is 0.396 e. The molecule has 0 aliphatic rings. The zero-order valence-electron chi connectivity index (χ0n) is 6.81. The van der Waals surface area contributed by atoms with Gasteiger partial charge in [-0.25, -0.2) is 0 Å². The van der Waals surface area contributed by atoms with Gasteiger partial charge in [-0.05, 0) is 0 Å². The molecule has 0 bridgehead atoms. The Morgan fingerprint density at radius 3 is 1.67 bits per heavy atom. The third-order valence-corrected chi connectivity index (χ3v) is 1.53. The summed E-state index contributed by atoms with van der Waals surface area (Å²) in [4.78, 5) is 0. The lowest BCUT2D eigenvalue weighted by Gasteiger charge is -2.31. The number of aliphatic hydroxyl groups is 1. The van der Waals surface area contributed by atoms with E-state index in [0.717, 1.165) is 14.2 Å². The molecule has 0 amide bonds. The van der Waals surface area contributed by atoms with Crippen LogP contribution in [0, 0.1) is 0 Å². The second-order valence-electron chi connectivity index (χ2n) is 2.13. The molecule has 0 aromatic heterocycles. The molecule has 3 nitrogen and oxygen atoms in total. The first-order chi connectivity index (χ1) is 5.43. The minimum absolute atomic E-state index is 0.635. The van der Waals surface area contributed by atoms with Crippen LogP contribution in [-0.2, 0) is 9.47 Å². The Balaban J connectivity index is 4.57. The van der Waals surface area contributed by atoms with E-state index < -0.39 is 25.0 Å². The Morgan fingerprint density at radius 2 is 1.58 bits per heavy atom. The Kier molecular flexibility index (Phi) is 3.95. The third kappa shape index (κ3) is 2.09. The van der Waals surface area contributed by atoms with Gasteiger partial charge < -0.3 is 14.6 Å². The summed E-state index contributed by atoms with van der Waals surface area (Å²) in [5, 5.41) is 8.37. The molecule has 0 atom stereocenters. The van der Waals surface area contributed by atoms with E-state index in [1.165, 1.54) is 0 Å². The highest BCUT2D eigenvalue weighted by Gasteiger charge is 2.56. The number of hydrogen-bond acceptors (Lipinski definition) is 3. The van der Waals surface area contributed by atoms with Gasteiger partial charge in [0.05, 0.1) is 0 Å². The number of aliphatic hydroxyl groups excluding tert-OH is 1. The minimum atomic E-state index is -4.64. The first-order valence-electron chi connectivity index (χ1n) is 3.21. The van der Waals surface area contributed by atoms with Crippen LogP contribution in [0.3, 0.4) is 0 Å². The second-order valence-corrected chi connectivity index (χ2v) is 2.13. The summed E-state index contributed by atoms with van der Waals surface area (Å²) < 4.78 is 45.0. The summed E-state index contributed by atoms with van der Waals surface area (Å²) in [7, 11) is 1.76. The van der Waals surface area contributed by atoms with Gasteiger partial charge in [0.1, 0.15) is 0 Å². The van der Waals surface area contributed by atoms with Gasteiger partial charge in [0.25, 0.3) is 5.79 Å². The third-order valence-electron chi connectivity index (χ3n) is 1.53. The molecule has 0 aromatic carbocycles. The molecule has 6 heteroatoms. The molecule has 0 saturated carbocycles. The lowest BCUT2D eigenvalue weighted by atomic mass is 10.2. The zero-order valence-corrected chi connectivity index (χ0v) is 6.81. The van der Waals surface area contributed by atoms with Crippen LogP contribution in [0.15, 0.2) is 0 Å². The predicted octanol–water partition coefficient (Wildman–Crippen LogP) is 0.920. The molecule has 74 valence electrons. The number of rotatable bonds is 4. The van der Waals surface area contributed by atoms with Crippen LogP contribution in [0.1, 0.15) is 6.42 Å². The number of methoxy groups -OCH3 is 2. The maximum absolute atomic E-state index is 12.2. The van der Waals surface area contributed by atoms with E-state index in [2.05, 4.69) is 9.47 Å². The molecule has 0 heterocycles. The van der Waals surface area contributed by atoms with Crippen LogP contribution in [-0.4, -0.2) is 37.9 Å². The Hall–Kier alpha value is -0.330. The van der Waals surface area contributed by atoms with Crippen molar-refractivity contribution in [2.24, 2.45) is 0 Å². The molecule has 0 rings (SSSR count). The van der Waals surface area contributed by atoms with Gasteiger partial charge in [-0.1, -0.05) is 0 Å². The maximum Gasteiger partial charge on any atom is 0.443 e. The van der Waals surface area contributed by atoms with Gasteiger partial charge in [0.15, 0.2) is 0 Å². The average Bonchev–Trinajstić information content (AvgIpc) is 1.98. The first-order valence-corrected chi connectivity index (χ1v) is 3.21. The van der Waals surface area contributed by atoms with Crippen LogP contribution in [0.25, 0.3) is 0 Å². The van der Waals surface area contributed by atoms with Crippen molar-refractivity contribution < 1.29 is 27.8 Å². The molecule has 0 aliphatic carbocycles. The van der Waals surface area contributed by atoms with Crippen LogP contribution in [0.5, 0.6) is 0 Å². The van der Waals surface area contributed by atoms with Crippen LogP contribution >= 0.6 is 0 Å². The molecule has 0 unspecified atom stereocenters. The molecule has 1 N–H and O–H groups in total. The van der Waals surface area contributed by atoms with Gasteiger partial charge >= 0.3 is 6.18 Å². The fourth-order valence-corrected chi connectivity index (χ4v) is 0.808. The normalized spacial score (nSPS) is 13.5. The van der Waals surface area contributed by atoms with E-state index in [-0.39, 0.29) is 0 Å². The van der Waals surface area contributed by atoms with Gasteiger partial charge in [-0.15, -0.1) is 0 Å². The summed E-state index contributed by atoms with van der Waals surface area (Å²) in [6.45, 7) is -0.652. The van der Waals surface area contributed by atoms with Crippen LogP contribution < -0.4 is 0 Å². The number of alkyl halides is 3. The topological polar surface area (TPSA) is 38.7 Å². The number of hydrogen-bond donors (Lipinski definition) is 1. The standard InChI is InChI=1S/C6H11F3O3/c1-11-5(12-2,3-4-10)6(7,8)9/h10H,3-4H2,1-2H3. The van der Waals surface area contributed by atoms with Crippen molar-refractivity contribution in [1.29, 1.82) is 0 Å². The highest BCUT2D eigenvalue weighted by atomic mass is 19.4. The monoisotopic (exact) mass is 188 g/mol. The van der Waals surface area contributed by atoms with Crippen molar-refractivity contribution in [1.82, 2.24) is 0 Å². The Labute approximate surface area is 68.1 Å². The summed E-state index contributed by atoms with van der Waals surface area (Å²) in [5.74, 6) is -2.68. The lowest BCUT2D eigenvalue weighted by molar-refractivity contribution is -0.370. The van der Waals surface area contributed by atoms with Crippen molar-refractivity contribution in [3.63, 3.8) is 0 Å². The van der Waals surface area contributed by atoms with E-state index >= 15 is 0 Å². The molecule has 0 radical (unpaired) electrons. The summed E-state index contributed by atoms with van der Waals surface area (Å²) in [6, 6.07) is 0. The molecular formula is C6H11F3O3. The second kappa shape index (κ2) is 4.06. The van der Waals surface area contributed by atoms with Gasteiger partial charge in [0.2, 0.25) is 0 Å². The zero-order chi connectivity index (χ0) is 9.83. The van der Waals surface area contributed by atoms with Crippen molar-refractivity contribution >= 4 is 0 Å². The molecule has 0 aromatic rings. The first kappa shape index (κ1) is 11.7. The van der Waals surface area contributed by atoms with Crippen molar-refractivity contribution in [3.8, 4) is 0 Å². The molecule has 12 heavy (non-hydrogen) atoms. The quantitative estimate of drug-likeness (QED) is 0.667. The Bertz CT molecular complexity index is 130. The van der Waals surface area contributed by atoms with E-state index in [0.29, 0.717) is 0 Å². The fraction of sp³-hybridized carbons (Fsp3) is 1.00. The number of halogens is 3. The van der Waals surface area contributed by atoms with Crippen molar-refractivity contribution in [2.75, 3.05) is 20.8 Å². The van der Waals surface area contributed by atoms with Gasteiger partial charge in [0, 0.05) is 27.2 Å². The van der Waals surface area contributed by atoms with E-state index in [4.69, 9.17) is 5.11 Å². The van der Waals surface area contributed by atoms with Crippen molar-refractivity contribution in [3.05, 3.63) is 0 Å². The van der Waals surface area contributed by atoms with Gasteiger partial charge in [-0.2, -0.15) is 13.2 Å². The van der Waals surface area contributed by atoms with Crippen molar-refractivity contribution in [2.45, 2.75) is 18.4 Å². The molecule has 0 spiro atoms. The summed E-state index contributed by atoms with van der Waals surface area (Å²) >= 11 is 0. The maximum atomic E-state index is 12.2. The summed E-state index contributed by atoms with van der Waals surface area (Å²) in [5.41, 5.74) is 0. The Morgan fingerprint density at radius 1 is 1.17 bits per heavy atom. The molecule has 0 aliphatic heterocycles. The predicted molar refractivity (Wildman–Crippen MR) is 34.5 cm³/mol. The van der Waals surface area contributed by atoms with Crippen LogP contribution in [0.2, 0.25) is 0 Å². The average molecular weight is 188 g/mol. The highest BCUT2D eigenvalue weighted by Crippen LogP contribution is 2.36. The SMILES string of the molecule is COC(CCO)(OC)C(F)(F)F. The van der Waals surface area contributed by atoms with E-state index in [9.17, 15) is 13.2 Å². The summed E-state index contributed by atoms with van der Waals surface area (Å²) in [6.07, 6.45) is -5.28. The molecular weight excluding hydrogens is 177 g/mol. The van der Waals surface area contributed by atoms with E-state index in [1.54, 1.807) is 0 Å². The molecule has 0 saturated heterocycles. The highest BCUT2D eigenvalue weighted by molar-refractivity contribution is 4.77.